The molecule has 2 aliphatic rings. The van der Waals surface area contributed by atoms with Gasteiger partial charge in [0, 0.05) is 38.4 Å². The van der Waals surface area contributed by atoms with E-state index in [4.69, 9.17) is 0 Å². The summed E-state index contributed by atoms with van der Waals surface area (Å²) in [6, 6.07) is 7.82. The fourth-order valence-corrected chi connectivity index (χ4v) is 4.17. The molecular formula is C22H29N5O2. The molecule has 0 spiro atoms. The average Bonchev–Trinajstić information content (AvgIpc) is 3.14. The number of carbonyl (C=O) groups excluding carboxylic acids is 2. The molecule has 0 aliphatic carbocycles. The Kier molecular flexibility index (Phi) is 5.67. The molecule has 154 valence electrons. The van der Waals surface area contributed by atoms with Gasteiger partial charge in [0.1, 0.15) is 0 Å². The van der Waals surface area contributed by atoms with Gasteiger partial charge in [-0.05, 0) is 44.4 Å². The standard InChI is InChI=1S/C22H29N5O2/c1-3-16-8-4-5-9-17(16)23-21(28)19-18-10-6-7-11-27(18)20(24-19)22(29)26-14-12-25(2)13-15-26/h4-5,8-9H,3,6-7,10-15H2,1-2H3,(H,23,28). The van der Waals surface area contributed by atoms with Gasteiger partial charge in [0.25, 0.3) is 11.8 Å². The van der Waals surface area contributed by atoms with E-state index in [0.29, 0.717) is 24.6 Å². The normalized spacial score (nSPS) is 17.1. The fraction of sp³-hybridized carbons (Fsp3) is 0.500. The zero-order valence-electron chi connectivity index (χ0n) is 17.3. The zero-order valence-corrected chi connectivity index (χ0v) is 17.3. The van der Waals surface area contributed by atoms with Gasteiger partial charge in [0.15, 0.2) is 11.5 Å². The van der Waals surface area contributed by atoms with Crippen LogP contribution in [0.3, 0.4) is 0 Å². The number of aryl methyl sites for hydroxylation is 1. The third kappa shape index (κ3) is 3.92. The summed E-state index contributed by atoms with van der Waals surface area (Å²) in [6.45, 7) is 5.93. The maximum Gasteiger partial charge on any atom is 0.289 e. The molecule has 29 heavy (non-hydrogen) atoms. The summed E-state index contributed by atoms with van der Waals surface area (Å²) >= 11 is 0. The predicted octanol–water partition coefficient (Wildman–Crippen LogP) is 2.42. The third-order valence-corrected chi connectivity index (χ3v) is 5.96. The first-order chi connectivity index (χ1) is 14.1. The summed E-state index contributed by atoms with van der Waals surface area (Å²) in [5.74, 6) is 0.126. The van der Waals surface area contributed by atoms with Crippen LogP contribution in [0.5, 0.6) is 0 Å². The SMILES string of the molecule is CCc1ccccc1NC(=O)c1nc(C(=O)N2CCN(C)CC2)n2c1CCCC2. The zero-order chi connectivity index (χ0) is 20.4. The number of hydrogen-bond acceptors (Lipinski definition) is 4. The lowest BCUT2D eigenvalue weighted by atomic mass is 10.1. The van der Waals surface area contributed by atoms with E-state index in [1.54, 1.807) is 0 Å². The highest BCUT2D eigenvalue weighted by molar-refractivity contribution is 6.05. The van der Waals surface area contributed by atoms with Crippen LogP contribution < -0.4 is 5.32 Å². The first-order valence-corrected chi connectivity index (χ1v) is 10.5. The number of para-hydroxylation sites is 1. The van der Waals surface area contributed by atoms with Gasteiger partial charge in [-0.15, -0.1) is 0 Å². The molecule has 1 saturated heterocycles. The van der Waals surface area contributed by atoms with E-state index in [-0.39, 0.29) is 11.8 Å². The van der Waals surface area contributed by atoms with Crippen LogP contribution in [0.2, 0.25) is 0 Å². The van der Waals surface area contributed by atoms with Crippen molar-refractivity contribution in [2.24, 2.45) is 0 Å². The minimum atomic E-state index is -0.228. The first kappa shape index (κ1) is 19.6. The van der Waals surface area contributed by atoms with E-state index in [1.165, 1.54) is 0 Å². The van der Waals surface area contributed by atoms with Crippen molar-refractivity contribution in [1.29, 1.82) is 0 Å². The highest BCUT2D eigenvalue weighted by Gasteiger charge is 2.31. The number of benzene rings is 1. The lowest BCUT2D eigenvalue weighted by Crippen LogP contribution is -2.47. The lowest BCUT2D eigenvalue weighted by molar-refractivity contribution is 0.0645. The molecule has 2 aromatic rings. The number of aromatic nitrogens is 2. The Labute approximate surface area is 171 Å². The second-order valence-electron chi connectivity index (χ2n) is 7.90. The molecule has 2 amide bonds. The van der Waals surface area contributed by atoms with Gasteiger partial charge in [-0.25, -0.2) is 4.98 Å². The van der Waals surface area contributed by atoms with Gasteiger partial charge < -0.3 is 19.7 Å². The summed E-state index contributed by atoms with van der Waals surface area (Å²) in [4.78, 5) is 34.9. The molecule has 1 fully saturated rings. The number of carbonyl (C=O) groups is 2. The van der Waals surface area contributed by atoms with Crippen LogP contribution in [-0.2, 0) is 19.4 Å². The molecule has 0 bridgehead atoms. The summed E-state index contributed by atoms with van der Waals surface area (Å²) in [5.41, 5.74) is 3.18. The number of anilines is 1. The largest absolute Gasteiger partial charge is 0.333 e. The van der Waals surface area contributed by atoms with Crippen LogP contribution in [0, 0.1) is 0 Å². The molecule has 4 rings (SSSR count). The molecule has 3 heterocycles. The number of amides is 2. The highest BCUT2D eigenvalue weighted by Crippen LogP contribution is 2.24. The van der Waals surface area contributed by atoms with Gasteiger partial charge in [-0.1, -0.05) is 25.1 Å². The highest BCUT2D eigenvalue weighted by atomic mass is 16.2. The quantitative estimate of drug-likeness (QED) is 0.863. The monoisotopic (exact) mass is 395 g/mol. The third-order valence-electron chi connectivity index (χ3n) is 5.96. The Bertz CT molecular complexity index is 912. The van der Waals surface area contributed by atoms with Crippen LogP contribution in [-0.4, -0.2) is 64.4 Å². The van der Waals surface area contributed by atoms with E-state index < -0.39 is 0 Å². The van der Waals surface area contributed by atoms with Crippen LogP contribution >= 0.6 is 0 Å². The van der Waals surface area contributed by atoms with Crippen molar-refractivity contribution in [2.75, 3.05) is 38.5 Å². The summed E-state index contributed by atoms with van der Waals surface area (Å²) in [5, 5.41) is 3.02. The topological polar surface area (TPSA) is 70.5 Å². The van der Waals surface area contributed by atoms with Gasteiger partial charge in [-0.2, -0.15) is 0 Å². The summed E-state index contributed by atoms with van der Waals surface area (Å²) in [6.07, 6.45) is 3.64. The second kappa shape index (κ2) is 8.37. The molecule has 0 atom stereocenters. The Balaban J connectivity index is 1.62. The Morgan fingerprint density at radius 1 is 1.07 bits per heavy atom. The first-order valence-electron chi connectivity index (χ1n) is 10.5. The molecule has 0 unspecified atom stereocenters. The molecule has 1 aromatic carbocycles. The minimum Gasteiger partial charge on any atom is -0.333 e. The minimum absolute atomic E-state index is 0.0609. The van der Waals surface area contributed by atoms with Crippen molar-refractivity contribution in [3.05, 3.63) is 47.0 Å². The molecule has 7 nitrogen and oxygen atoms in total. The average molecular weight is 396 g/mol. The molecule has 2 aliphatic heterocycles. The Morgan fingerprint density at radius 3 is 2.59 bits per heavy atom. The van der Waals surface area contributed by atoms with Crippen molar-refractivity contribution in [3.63, 3.8) is 0 Å². The van der Waals surface area contributed by atoms with Gasteiger partial charge in [0.05, 0.1) is 5.69 Å². The Hall–Kier alpha value is -2.67. The van der Waals surface area contributed by atoms with Crippen molar-refractivity contribution in [3.8, 4) is 0 Å². The number of hydrogen-bond donors (Lipinski definition) is 1. The van der Waals surface area contributed by atoms with Crippen LogP contribution in [0.1, 0.15) is 52.1 Å². The van der Waals surface area contributed by atoms with Crippen molar-refractivity contribution in [2.45, 2.75) is 39.2 Å². The molecular weight excluding hydrogens is 366 g/mol. The van der Waals surface area contributed by atoms with Gasteiger partial charge in [0.2, 0.25) is 0 Å². The summed E-state index contributed by atoms with van der Waals surface area (Å²) in [7, 11) is 2.07. The van der Waals surface area contributed by atoms with Crippen molar-refractivity contribution in [1.82, 2.24) is 19.4 Å². The molecule has 7 heteroatoms. The van der Waals surface area contributed by atoms with Gasteiger partial charge in [-0.3, -0.25) is 9.59 Å². The maximum atomic E-state index is 13.2. The van der Waals surface area contributed by atoms with E-state index >= 15 is 0 Å². The van der Waals surface area contributed by atoms with Crippen molar-refractivity contribution >= 4 is 17.5 Å². The molecule has 1 N–H and O–H groups in total. The van der Waals surface area contributed by atoms with Crippen LogP contribution in [0.15, 0.2) is 24.3 Å². The number of rotatable bonds is 4. The van der Waals surface area contributed by atoms with E-state index in [2.05, 4.69) is 29.2 Å². The second-order valence-corrected chi connectivity index (χ2v) is 7.90. The smallest absolute Gasteiger partial charge is 0.289 e. The molecule has 0 saturated carbocycles. The lowest BCUT2D eigenvalue weighted by Gasteiger charge is -2.32. The van der Waals surface area contributed by atoms with Crippen LogP contribution in [0.4, 0.5) is 5.69 Å². The Morgan fingerprint density at radius 2 is 1.83 bits per heavy atom. The molecule has 0 radical (unpaired) electrons. The number of imidazole rings is 1. The molecule has 1 aromatic heterocycles. The number of fused-ring (bicyclic) bond motifs is 1. The fourth-order valence-electron chi connectivity index (χ4n) is 4.17. The van der Waals surface area contributed by atoms with Gasteiger partial charge >= 0.3 is 0 Å². The number of likely N-dealkylation sites (N-methyl/N-ethyl adjacent to an activating group) is 1. The maximum absolute atomic E-state index is 13.2. The van der Waals surface area contributed by atoms with E-state index in [9.17, 15) is 9.59 Å². The van der Waals surface area contributed by atoms with E-state index in [1.807, 2.05) is 33.7 Å². The number of nitrogens with one attached hydrogen (secondary N) is 1. The number of nitrogens with zero attached hydrogens (tertiary/aromatic N) is 4. The summed E-state index contributed by atoms with van der Waals surface area (Å²) < 4.78 is 1.98. The predicted molar refractivity (Wildman–Crippen MR) is 112 cm³/mol. The van der Waals surface area contributed by atoms with Crippen molar-refractivity contribution < 1.29 is 9.59 Å². The van der Waals surface area contributed by atoms with Crippen LogP contribution in [0.25, 0.3) is 0 Å². The number of piperazine rings is 1. The van der Waals surface area contributed by atoms with E-state index in [0.717, 1.165) is 62.3 Å².